The number of halogens is 1. The van der Waals surface area contributed by atoms with Gasteiger partial charge in [-0.05, 0) is 79.5 Å². The number of nitrogens with zero attached hydrogens (tertiary/aromatic N) is 1. The smallest absolute Gasteiger partial charge is 0.170 e. The van der Waals surface area contributed by atoms with Crippen molar-refractivity contribution in [2.45, 2.75) is 44.4 Å². The Kier molecular flexibility index (Phi) is 7.00. The number of hydrogen-bond donors (Lipinski definition) is 3. The number of aryl methyl sites for hydroxylation is 1. The second-order valence-corrected chi connectivity index (χ2v) is 8.99. The molecule has 32 heavy (non-hydrogen) atoms. The van der Waals surface area contributed by atoms with Crippen LogP contribution in [0.5, 0.6) is 0 Å². The zero-order valence-electron chi connectivity index (χ0n) is 18.3. The summed E-state index contributed by atoms with van der Waals surface area (Å²) in [6, 6.07) is 19.0. The van der Waals surface area contributed by atoms with Crippen molar-refractivity contribution in [3.63, 3.8) is 0 Å². The summed E-state index contributed by atoms with van der Waals surface area (Å²) in [5, 5.41) is 10.5. The average molecular weight is 449 g/mol. The predicted octanol–water partition coefficient (Wildman–Crippen LogP) is 6.46. The number of benzene rings is 2. The lowest BCUT2D eigenvalue weighted by Crippen LogP contribution is -2.43. The molecule has 4 nitrogen and oxygen atoms in total. The maximum atomic E-state index is 13.4. The summed E-state index contributed by atoms with van der Waals surface area (Å²) in [7, 11) is 0. The van der Waals surface area contributed by atoms with Crippen molar-refractivity contribution in [3.8, 4) is 0 Å². The van der Waals surface area contributed by atoms with Gasteiger partial charge >= 0.3 is 0 Å². The molecular formula is C26H29FN4S. The summed E-state index contributed by atoms with van der Waals surface area (Å²) < 4.78 is 13.4. The Morgan fingerprint density at radius 3 is 2.47 bits per heavy atom. The Bertz CT molecular complexity index is 1040. The third-order valence-electron chi connectivity index (χ3n) is 6.17. The largest absolute Gasteiger partial charge is 0.362 e. The lowest BCUT2D eigenvalue weighted by atomic mass is 9.69. The summed E-state index contributed by atoms with van der Waals surface area (Å²) in [6.07, 6.45) is 7.53. The first-order valence-electron chi connectivity index (χ1n) is 11.1. The van der Waals surface area contributed by atoms with Gasteiger partial charge in [-0.2, -0.15) is 0 Å². The van der Waals surface area contributed by atoms with Crippen LogP contribution in [-0.4, -0.2) is 16.6 Å². The van der Waals surface area contributed by atoms with Gasteiger partial charge in [0.05, 0.1) is 11.9 Å². The van der Waals surface area contributed by atoms with Crippen LogP contribution in [0.15, 0.2) is 66.9 Å². The van der Waals surface area contributed by atoms with Crippen LogP contribution in [-0.2, 0) is 5.41 Å². The Labute approximate surface area is 194 Å². The molecule has 0 bridgehead atoms. The van der Waals surface area contributed by atoms with Crippen molar-refractivity contribution in [2.75, 3.05) is 17.2 Å². The molecule has 0 saturated heterocycles. The first-order chi connectivity index (χ1) is 15.5. The molecule has 0 atom stereocenters. The van der Waals surface area contributed by atoms with Gasteiger partial charge in [0.2, 0.25) is 0 Å². The molecule has 0 radical (unpaired) electrons. The molecular weight excluding hydrogens is 419 g/mol. The van der Waals surface area contributed by atoms with Crippen LogP contribution >= 0.6 is 12.2 Å². The second kappa shape index (κ2) is 10.1. The summed E-state index contributed by atoms with van der Waals surface area (Å²) in [6.45, 7) is 2.79. The third-order valence-corrected chi connectivity index (χ3v) is 6.41. The quantitative estimate of drug-likeness (QED) is 0.378. The van der Waals surface area contributed by atoms with Gasteiger partial charge in [0.15, 0.2) is 5.11 Å². The minimum absolute atomic E-state index is 0.0163. The van der Waals surface area contributed by atoms with E-state index in [2.05, 4.69) is 40.0 Å². The van der Waals surface area contributed by atoms with Crippen molar-refractivity contribution in [1.82, 2.24) is 10.3 Å². The molecule has 1 aliphatic rings. The van der Waals surface area contributed by atoms with Gasteiger partial charge in [-0.1, -0.05) is 43.5 Å². The van der Waals surface area contributed by atoms with Crippen LogP contribution in [0, 0.1) is 12.7 Å². The highest BCUT2D eigenvalue weighted by molar-refractivity contribution is 7.80. The van der Waals surface area contributed by atoms with Gasteiger partial charge < -0.3 is 16.0 Å². The highest BCUT2D eigenvalue weighted by atomic mass is 32.1. The number of thiocarbonyl (C=S) groups is 1. The monoisotopic (exact) mass is 448 g/mol. The normalized spacial score (nSPS) is 15.1. The Morgan fingerprint density at radius 2 is 1.78 bits per heavy atom. The maximum Gasteiger partial charge on any atom is 0.170 e. The second-order valence-electron chi connectivity index (χ2n) is 8.58. The van der Waals surface area contributed by atoms with E-state index in [-0.39, 0.29) is 11.2 Å². The number of hydrogen-bond acceptors (Lipinski definition) is 3. The summed E-state index contributed by atoms with van der Waals surface area (Å²) in [4.78, 5) is 4.48. The van der Waals surface area contributed by atoms with Crippen molar-refractivity contribution < 1.29 is 4.39 Å². The fourth-order valence-electron chi connectivity index (χ4n) is 4.44. The van der Waals surface area contributed by atoms with Gasteiger partial charge in [-0.25, -0.2) is 9.37 Å². The van der Waals surface area contributed by atoms with Gasteiger partial charge in [-0.15, -0.1) is 0 Å². The van der Waals surface area contributed by atoms with E-state index in [9.17, 15) is 4.39 Å². The topological polar surface area (TPSA) is 49.0 Å². The SMILES string of the molecule is Cc1cccc(Nc2ccc(NC(=S)NCC3(c4ccc(F)cc4)CCCCC3)cn2)c1. The van der Waals surface area contributed by atoms with E-state index in [1.54, 1.807) is 18.3 Å². The fourth-order valence-corrected chi connectivity index (χ4v) is 4.63. The first kappa shape index (κ1) is 22.2. The van der Waals surface area contributed by atoms with Crippen molar-refractivity contribution in [2.24, 2.45) is 0 Å². The maximum absolute atomic E-state index is 13.4. The van der Waals surface area contributed by atoms with E-state index in [0.717, 1.165) is 36.6 Å². The van der Waals surface area contributed by atoms with Crippen molar-refractivity contribution in [1.29, 1.82) is 0 Å². The zero-order chi connectivity index (χ0) is 22.4. The molecule has 3 aromatic rings. The van der Waals surface area contributed by atoms with Crippen molar-refractivity contribution >= 4 is 34.5 Å². The zero-order valence-corrected chi connectivity index (χ0v) is 19.1. The minimum atomic E-state index is -0.197. The predicted molar refractivity (Wildman–Crippen MR) is 134 cm³/mol. The minimum Gasteiger partial charge on any atom is -0.362 e. The number of nitrogens with one attached hydrogen (secondary N) is 3. The molecule has 1 aromatic heterocycles. The fraction of sp³-hybridized carbons (Fsp3) is 0.308. The molecule has 0 unspecified atom stereocenters. The Hall–Kier alpha value is -2.99. The molecule has 0 aliphatic heterocycles. The molecule has 0 spiro atoms. The first-order valence-corrected chi connectivity index (χ1v) is 11.5. The standard InChI is InChI=1S/C26H29FN4S/c1-19-6-5-7-22(16-19)30-24-13-12-23(17-28-24)31-25(32)29-18-26(14-3-2-4-15-26)20-8-10-21(27)11-9-20/h5-13,16-17H,2-4,14-15,18H2,1H3,(H,28,30)(H2,29,31,32). The van der Waals surface area contributed by atoms with E-state index in [4.69, 9.17) is 12.2 Å². The molecule has 1 fully saturated rings. The number of anilines is 3. The Morgan fingerprint density at radius 1 is 1.00 bits per heavy atom. The van der Waals surface area contributed by atoms with E-state index in [0.29, 0.717) is 5.11 Å². The molecule has 6 heteroatoms. The number of rotatable bonds is 6. The van der Waals surface area contributed by atoms with Gasteiger partial charge in [-0.3, -0.25) is 0 Å². The lowest BCUT2D eigenvalue weighted by molar-refractivity contribution is 0.292. The summed E-state index contributed by atoms with van der Waals surface area (Å²) in [5.74, 6) is 0.579. The summed E-state index contributed by atoms with van der Waals surface area (Å²) in [5.41, 5.74) is 4.20. The van der Waals surface area contributed by atoms with Crippen LogP contribution in [0.1, 0.15) is 43.2 Å². The summed E-state index contributed by atoms with van der Waals surface area (Å²) >= 11 is 5.55. The number of pyridine rings is 1. The molecule has 1 saturated carbocycles. The highest BCUT2D eigenvalue weighted by Crippen LogP contribution is 2.39. The van der Waals surface area contributed by atoms with Crippen LogP contribution in [0.2, 0.25) is 0 Å². The van der Waals surface area contributed by atoms with Gasteiger partial charge in [0.25, 0.3) is 0 Å². The van der Waals surface area contributed by atoms with E-state index >= 15 is 0 Å². The molecule has 1 heterocycles. The van der Waals surface area contributed by atoms with Crippen LogP contribution in [0.4, 0.5) is 21.6 Å². The van der Waals surface area contributed by atoms with Crippen LogP contribution < -0.4 is 16.0 Å². The third kappa shape index (κ3) is 5.62. The molecule has 166 valence electrons. The average Bonchev–Trinajstić information content (AvgIpc) is 2.80. The van der Waals surface area contributed by atoms with E-state index in [1.807, 2.05) is 36.4 Å². The van der Waals surface area contributed by atoms with E-state index in [1.165, 1.54) is 30.4 Å². The van der Waals surface area contributed by atoms with Crippen LogP contribution in [0.25, 0.3) is 0 Å². The molecule has 3 N–H and O–H groups in total. The molecule has 2 aromatic carbocycles. The van der Waals surface area contributed by atoms with Crippen molar-refractivity contribution in [3.05, 3.63) is 83.8 Å². The number of aromatic nitrogens is 1. The Balaban J connectivity index is 1.35. The van der Waals surface area contributed by atoms with Gasteiger partial charge in [0.1, 0.15) is 11.6 Å². The molecule has 4 rings (SSSR count). The molecule has 1 aliphatic carbocycles. The van der Waals surface area contributed by atoms with Crippen LogP contribution in [0.3, 0.4) is 0 Å². The lowest BCUT2D eigenvalue weighted by Gasteiger charge is -2.38. The molecule has 0 amide bonds. The van der Waals surface area contributed by atoms with E-state index < -0.39 is 0 Å². The highest BCUT2D eigenvalue weighted by Gasteiger charge is 2.34. The van der Waals surface area contributed by atoms with Gasteiger partial charge in [0, 0.05) is 17.6 Å².